The lowest BCUT2D eigenvalue weighted by Gasteiger charge is -2.13. The summed E-state index contributed by atoms with van der Waals surface area (Å²) < 4.78 is 5.85. The van der Waals surface area contributed by atoms with Crippen LogP contribution in [0, 0.1) is 13.8 Å². The molecule has 0 saturated carbocycles. The van der Waals surface area contributed by atoms with Gasteiger partial charge in [0.2, 0.25) is 5.88 Å². The van der Waals surface area contributed by atoms with E-state index in [0.717, 1.165) is 11.3 Å². The first-order valence-electron chi connectivity index (χ1n) is 6.24. The molecule has 1 aromatic heterocycles. The van der Waals surface area contributed by atoms with Crippen LogP contribution in [0.5, 0.6) is 11.6 Å². The number of halogens is 1. The molecule has 3 nitrogen and oxygen atoms in total. The monoisotopic (exact) mass is 276 g/mol. The minimum absolute atomic E-state index is 0.204. The van der Waals surface area contributed by atoms with Gasteiger partial charge in [-0.1, -0.05) is 31.5 Å². The summed E-state index contributed by atoms with van der Waals surface area (Å²) in [6, 6.07) is 5.96. The largest absolute Gasteiger partial charge is 0.439 e. The smallest absolute Gasteiger partial charge is 0.227 e. The van der Waals surface area contributed by atoms with E-state index in [1.807, 2.05) is 32.0 Å². The standard InChI is InChI=1S/C15H17ClN2O/c1-9(2)13-14(16)17-8-18-15(13)19-12-6-5-10(3)11(4)7-12/h5-9H,1-4H3. The van der Waals surface area contributed by atoms with Gasteiger partial charge in [0.25, 0.3) is 0 Å². The molecule has 0 bridgehead atoms. The lowest BCUT2D eigenvalue weighted by molar-refractivity contribution is 0.451. The van der Waals surface area contributed by atoms with E-state index >= 15 is 0 Å². The molecule has 0 aliphatic heterocycles. The van der Waals surface area contributed by atoms with Gasteiger partial charge in [-0.05, 0) is 43.0 Å². The van der Waals surface area contributed by atoms with Gasteiger partial charge in [0.1, 0.15) is 17.2 Å². The summed E-state index contributed by atoms with van der Waals surface area (Å²) in [6.07, 6.45) is 1.42. The van der Waals surface area contributed by atoms with Crippen molar-refractivity contribution in [2.24, 2.45) is 0 Å². The second kappa shape index (κ2) is 5.57. The Balaban J connectivity index is 2.38. The molecule has 0 fully saturated rings. The van der Waals surface area contributed by atoms with E-state index < -0.39 is 0 Å². The summed E-state index contributed by atoms with van der Waals surface area (Å²) in [5.74, 6) is 1.49. The summed E-state index contributed by atoms with van der Waals surface area (Å²) in [5.41, 5.74) is 3.25. The second-order valence-electron chi connectivity index (χ2n) is 4.89. The third kappa shape index (κ3) is 3.04. The minimum Gasteiger partial charge on any atom is -0.439 e. The highest BCUT2D eigenvalue weighted by Crippen LogP contribution is 2.32. The second-order valence-corrected chi connectivity index (χ2v) is 5.24. The number of ether oxygens (including phenoxy) is 1. The molecule has 0 saturated heterocycles. The molecule has 4 heteroatoms. The van der Waals surface area contributed by atoms with Gasteiger partial charge in [-0.2, -0.15) is 0 Å². The Morgan fingerprint density at radius 1 is 1.11 bits per heavy atom. The normalized spacial score (nSPS) is 10.8. The van der Waals surface area contributed by atoms with Crippen LogP contribution in [0.1, 0.15) is 36.5 Å². The molecule has 0 radical (unpaired) electrons. The lowest BCUT2D eigenvalue weighted by atomic mass is 10.1. The van der Waals surface area contributed by atoms with Crippen molar-refractivity contribution in [3.05, 3.63) is 46.4 Å². The Morgan fingerprint density at radius 3 is 2.47 bits per heavy atom. The van der Waals surface area contributed by atoms with Crippen LogP contribution in [0.4, 0.5) is 0 Å². The fourth-order valence-electron chi connectivity index (χ4n) is 1.81. The number of hydrogen-bond donors (Lipinski definition) is 0. The van der Waals surface area contributed by atoms with Gasteiger partial charge in [-0.15, -0.1) is 0 Å². The number of nitrogens with zero attached hydrogens (tertiary/aromatic N) is 2. The van der Waals surface area contributed by atoms with Crippen molar-refractivity contribution >= 4 is 11.6 Å². The molecule has 0 unspecified atom stereocenters. The Hall–Kier alpha value is -1.61. The molecule has 1 aromatic carbocycles. The van der Waals surface area contributed by atoms with E-state index in [-0.39, 0.29) is 5.92 Å². The van der Waals surface area contributed by atoms with Gasteiger partial charge in [-0.3, -0.25) is 0 Å². The van der Waals surface area contributed by atoms with Crippen molar-refractivity contribution in [1.82, 2.24) is 9.97 Å². The van der Waals surface area contributed by atoms with Crippen molar-refractivity contribution in [1.29, 1.82) is 0 Å². The van der Waals surface area contributed by atoms with Crippen molar-refractivity contribution < 1.29 is 4.74 Å². The molecule has 0 atom stereocenters. The van der Waals surface area contributed by atoms with E-state index in [4.69, 9.17) is 16.3 Å². The zero-order valence-electron chi connectivity index (χ0n) is 11.6. The van der Waals surface area contributed by atoms with Gasteiger partial charge < -0.3 is 4.74 Å². The number of aryl methyl sites for hydroxylation is 2. The van der Waals surface area contributed by atoms with Crippen molar-refractivity contribution in [3.63, 3.8) is 0 Å². The third-order valence-corrected chi connectivity index (χ3v) is 3.37. The van der Waals surface area contributed by atoms with Crippen LogP contribution in [0.2, 0.25) is 5.15 Å². The molecule has 0 amide bonds. The highest BCUT2D eigenvalue weighted by atomic mass is 35.5. The molecule has 2 rings (SSSR count). The first kappa shape index (κ1) is 13.8. The fraction of sp³-hybridized carbons (Fsp3) is 0.333. The Kier molecular flexibility index (Phi) is 4.05. The number of rotatable bonds is 3. The van der Waals surface area contributed by atoms with E-state index in [1.165, 1.54) is 17.5 Å². The van der Waals surface area contributed by atoms with Crippen LogP contribution in [-0.2, 0) is 0 Å². The molecule has 0 aliphatic rings. The zero-order valence-corrected chi connectivity index (χ0v) is 12.3. The van der Waals surface area contributed by atoms with Gasteiger partial charge in [-0.25, -0.2) is 9.97 Å². The van der Waals surface area contributed by atoms with Gasteiger partial charge in [0, 0.05) is 0 Å². The predicted octanol–water partition coefficient (Wildman–Crippen LogP) is 4.66. The highest BCUT2D eigenvalue weighted by Gasteiger charge is 2.15. The Bertz CT molecular complexity index is 597. The average molecular weight is 277 g/mol. The van der Waals surface area contributed by atoms with Crippen LogP contribution in [-0.4, -0.2) is 9.97 Å². The molecular formula is C15H17ClN2O. The molecular weight excluding hydrogens is 260 g/mol. The van der Waals surface area contributed by atoms with E-state index in [2.05, 4.69) is 23.8 Å². The number of benzene rings is 1. The van der Waals surface area contributed by atoms with Crippen LogP contribution < -0.4 is 4.74 Å². The maximum absolute atomic E-state index is 6.12. The lowest BCUT2D eigenvalue weighted by Crippen LogP contribution is -2.00. The molecule has 100 valence electrons. The summed E-state index contributed by atoms with van der Waals surface area (Å²) >= 11 is 6.12. The summed E-state index contributed by atoms with van der Waals surface area (Å²) in [4.78, 5) is 8.20. The van der Waals surface area contributed by atoms with Crippen LogP contribution in [0.15, 0.2) is 24.5 Å². The van der Waals surface area contributed by atoms with Crippen LogP contribution >= 0.6 is 11.6 Å². The van der Waals surface area contributed by atoms with Gasteiger partial charge in [0.15, 0.2) is 0 Å². The minimum atomic E-state index is 0.204. The average Bonchev–Trinajstić information content (AvgIpc) is 2.33. The highest BCUT2D eigenvalue weighted by molar-refractivity contribution is 6.30. The van der Waals surface area contributed by atoms with E-state index in [9.17, 15) is 0 Å². The first-order valence-corrected chi connectivity index (χ1v) is 6.62. The van der Waals surface area contributed by atoms with Crippen LogP contribution in [0.3, 0.4) is 0 Å². The summed E-state index contributed by atoms with van der Waals surface area (Å²) in [7, 11) is 0. The molecule has 0 spiro atoms. The van der Waals surface area contributed by atoms with Crippen molar-refractivity contribution in [2.75, 3.05) is 0 Å². The van der Waals surface area contributed by atoms with Gasteiger partial charge >= 0.3 is 0 Å². The maximum Gasteiger partial charge on any atom is 0.227 e. The maximum atomic E-state index is 6.12. The van der Waals surface area contributed by atoms with Gasteiger partial charge in [0.05, 0.1) is 5.56 Å². The molecule has 1 heterocycles. The summed E-state index contributed by atoms with van der Waals surface area (Å²) in [5, 5.41) is 0.448. The fourth-order valence-corrected chi connectivity index (χ4v) is 2.16. The molecule has 19 heavy (non-hydrogen) atoms. The van der Waals surface area contributed by atoms with Crippen molar-refractivity contribution in [3.8, 4) is 11.6 Å². The molecule has 2 aromatic rings. The molecule has 0 aliphatic carbocycles. The Labute approximate surface area is 118 Å². The number of aromatic nitrogens is 2. The van der Waals surface area contributed by atoms with E-state index in [1.54, 1.807) is 0 Å². The van der Waals surface area contributed by atoms with Crippen molar-refractivity contribution in [2.45, 2.75) is 33.6 Å². The quantitative estimate of drug-likeness (QED) is 0.765. The topological polar surface area (TPSA) is 35.0 Å². The Morgan fingerprint density at radius 2 is 1.84 bits per heavy atom. The SMILES string of the molecule is Cc1ccc(Oc2ncnc(Cl)c2C(C)C)cc1C. The van der Waals surface area contributed by atoms with Crippen LogP contribution in [0.25, 0.3) is 0 Å². The third-order valence-electron chi connectivity index (χ3n) is 3.07. The predicted molar refractivity (Wildman–Crippen MR) is 77.1 cm³/mol. The zero-order chi connectivity index (χ0) is 14.0. The van der Waals surface area contributed by atoms with E-state index in [0.29, 0.717) is 11.0 Å². The molecule has 0 N–H and O–H groups in total. The number of hydrogen-bond acceptors (Lipinski definition) is 3. The first-order chi connectivity index (χ1) is 8.99. The summed E-state index contributed by atoms with van der Waals surface area (Å²) in [6.45, 7) is 8.20.